The molecule has 0 aliphatic carbocycles. The van der Waals surface area contributed by atoms with Crippen molar-refractivity contribution in [3.63, 3.8) is 0 Å². The van der Waals surface area contributed by atoms with Crippen molar-refractivity contribution in [2.45, 2.75) is 45.2 Å². The summed E-state index contributed by atoms with van der Waals surface area (Å²) in [5.74, 6) is -1.99. The van der Waals surface area contributed by atoms with Crippen LogP contribution in [0.5, 0.6) is 5.75 Å². The van der Waals surface area contributed by atoms with E-state index in [1.165, 1.54) is 0 Å². The maximum absolute atomic E-state index is 12.6. The zero-order valence-corrected chi connectivity index (χ0v) is 17.3. The zero-order chi connectivity index (χ0) is 23.2. The van der Waals surface area contributed by atoms with E-state index in [9.17, 15) is 27.6 Å². The molecule has 0 bridgehead atoms. The van der Waals surface area contributed by atoms with Crippen molar-refractivity contribution in [1.82, 2.24) is 16.0 Å². The van der Waals surface area contributed by atoms with E-state index in [1.807, 2.05) is 0 Å². The summed E-state index contributed by atoms with van der Waals surface area (Å²) in [6.07, 6.45) is -5.12. The van der Waals surface area contributed by atoms with Crippen LogP contribution in [0.1, 0.15) is 37.6 Å². The SMILES string of the molecule is CC(C)(C)OC(=O)Nc1ccc(OC(F)(F)F)cc1C(=O)NCC(=O)N[C@@H]1CCNC1. The van der Waals surface area contributed by atoms with Gasteiger partial charge in [-0.25, -0.2) is 4.79 Å². The molecule has 1 heterocycles. The first-order chi connectivity index (χ1) is 14.3. The van der Waals surface area contributed by atoms with Crippen molar-refractivity contribution < 1.29 is 37.0 Å². The van der Waals surface area contributed by atoms with Gasteiger partial charge in [0.2, 0.25) is 5.91 Å². The minimum atomic E-state index is -4.97. The highest BCUT2D eigenvalue weighted by atomic mass is 19.4. The number of amides is 3. The smallest absolute Gasteiger partial charge is 0.444 e. The van der Waals surface area contributed by atoms with Gasteiger partial charge in [-0.15, -0.1) is 13.2 Å². The normalized spacial score (nSPS) is 16.4. The van der Waals surface area contributed by atoms with E-state index >= 15 is 0 Å². The number of alkyl halides is 3. The van der Waals surface area contributed by atoms with Crippen LogP contribution in [-0.4, -0.2) is 55.5 Å². The number of carbonyl (C=O) groups excluding carboxylic acids is 3. The Kier molecular flexibility index (Phi) is 7.71. The fourth-order valence-electron chi connectivity index (χ4n) is 2.74. The first-order valence-corrected chi connectivity index (χ1v) is 9.50. The minimum Gasteiger partial charge on any atom is -0.444 e. The molecule has 0 radical (unpaired) electrons. The van der Waals surface area contributed by atoms with Crippen LogP contribution in [0.15, 0.2) is 18.2 Å². The summed E-state index contributed by atoms with van der Waals surface area (Å²) in [7, 11) is 0. The highest BCUT2D eigenvalue weighted by Gasteiger charge is 2.32. The molecule has 172 valence electrons. The average Bonchev–Trinajstić information content (AvgIpc) is 3.11. The molecule has 12 heteroatoms. The molecular formula is C19H25F3N4O5. The molecule has 0 unspecified atom stereocenters. The Morgan fingerprint density at radius 3 is 2.48 bits per heavy atom. The lowest BCUT2D eigenvalue weighted by atomic mass is 10.1. The monoisotopic (exact) mass is 446 g/mol. The Morgan fingerprint density at radius 2 is 1.90 bits per heavy atom. The minimum absolute atomic E-state index is 0.0580. The van der Waals surface area contributed by atoms with E-state index in [4.69, 9.17) is 4.74 Å². The number of hydrogen-bond acceptors (Lipinski definition) is 6. The Bertz CT molecular complexity index is 818. The number of rotatable bonds is 6. The van der Waals surface area contributed by atoms with Gasteiger partial charge >= 0.3 is 12.5 Å². The van der Waals surface area contributed by atoms with E-state index < -0.39 is 42.2 Å². The third-order valence-electron chi connectivity index (χ3n) is 3.94. The van der Waals surface area contributed by atoms with Crippen LogP contribution in [0.3, 0.4) is 0 Å². The number of carbonyl (C=O) groups is 3. The molecule has 1 aromatic rings. The lowest BCUT2D eigenvalue weighted by Crippen LogP contribution is -2.42. The molecule has 0 spiro atoms. The number of anilines is 1. The van der Waals surface area contributed by atoms with Crippen LogP contribution in [-0.2, 0) is 9.53 Å². The summed E-state index contributed by atoms with van der Waals surface area (Å²) in [4.78, 5) is 36.6. The second kappa shape index (κ2) is 9.86. The largest absolute Gasteiger partial charge is 0.573 e. The standard InChI is InChI=1S/C19H25F3N4O5/c1-18(2,3)31-17(29)26-14-5-4-12(30-19(20,21)22)8-13(14)16(28)24-10-15(27)25-11-6-7-23-9-11/h4-5,8,11,23H,6-7,9-10H2,1-3H3,(H,24,28)(H,25,27)(H,26,29)/t11-/m1/s1. The summed E-state index contributed by atoms with van der Waals surface area (Å²) in [5, 5.41) is 10.4. The lowest BCUT2D eigenvalue weighted by molar-refractivity contribution is -0.274. The van der Waals surface area contributed by atoms with Gasteiger partial charge in [0.1, 0.15) is 11.4 Å². The van der Waals surface area contributed by atoms with Crippen LogP contribution in [0, 0.1) is 0 Å². The molecule has 1 aliphatic rings. The Balaban J connectivity index is 2.13. The van der Waals surface area contributed by atoms with Gasteiger partial charge in [0.15, 0.2) is 0 Å². The van der Waals surface area contributed by atoms with Crippen LogP contribution in [0.25, 0.3) is 0 Å². The van der Waals surface area contributed by atoms with E-state index in [1.54, 1.807) is 20.8 Å². The molecular weight excluding hydrogens is 421 g/mol. The van der Waals surface area contributed by atoms with Gasteiger partial charge in [0, 0.05) is 12.6 Å². The highest BCUT2D eigenvalue weighted by Crippen LogP contribution is 2.27. The van der Waals surface area contributed by atoms with Gasteiger partial charge in [-0.1, -0.05) is 0 Å². The van der Waals surface area contributed by atoms with Crippen LogP contribution >= 0.6 is 0 Å². The molecule has 2 rings (SSSR count). The fraction of sp³-hybridized carbons (Fsp3) is 0.526. The predicted molar refractivity (Wildman–Crippen MR) is 105 cm³/mol. The second-order valence-electron chi connectivity index (χ2n) is 7.82. The molecule has 3 amide bonds. The van der Waals surface area contributed by atoms with Crippen molar-refractivity contribution in [2.75, 3.05) is 25.0 Å². The van der Waals surface area contributed by atoms with Crippen LogP contribution in [0.4, 0.5) is 23.7 Å². The molecule has 1 atom stereocenters. The molecule has 31 heavy (non-hydrogen) atoms. The van der Waals surface area contributed by atoms with Crippen molar-refractivity contribution in [3.8, 4) is 5.75 Å². The number of halogens is 3. The van der Waals surface area contributed by atoms with Crippen LogP contribution < -0.4 is 26.0 Å². The van der Waals surface area contributed by atoms with E-state index in [0.717, 1.165) is 31.2 Å². The Labute approximate surface area is 177 Å². The number of benzene rings is 1. The third kappa shape index (κ3) is 8.70. The van der Waals surface area contributed by atoms with Crippen molar-refractivity contribution in [1.29, 1.82) is 0 Å². The molecule has 1 aliphatic heterocycles. The summed E-state index contributed by atoms with van der Waals surface area (Å²) < 4.78 is 46.6. The highest BCUT2D eigenvalue weighted by molar-refractivity contribution is 6.04. The third-order valence-corrected chi connectivity index (χ3v) is 3.94. The molecule has 1 saturated heterocycles. The van der Waals surface area contributed by atoms with Gasteiger partial charge in [-0.2, -0.15) is 0 Å². The van der Waals surface area contributed by atoms with Gasteiger partial charge in [0.05, 0.1) is 17.8 Å². The average molecular weight is 446 g/mol. The fourth-order valence-corrected chi connectivity index (χ4v) is 2.74. The Hall–Kier alpha value is -3.02. The molecule has 0 aromatic heterocycles. The first-order valence-electron chi connectivity index (χ1n) is 9.50. The van der Waals surface area contributed by atoms with Gasteiger partial charge in [-0.3, -0.25) is 14.9 Å². The zero-order valence-electron chi connectivity index (χ0n) is 17.3. The van der Waals surface area contributed by atoms with Crippen LogP contribution in [0.2, 0.25) is 0 Å². The molecule has 9 nitrogen and oxygen atoms in total. The van der Waals surface area contributed by atoms with Gasteiger partial charge in [-0.05, 0) is 51.9 Å². The number of nitrogens with one attached hydrogen (secondary N) is 4. The maximum Gasteiger partial charge on any atom is 0.573 e. The lowest BCUT2D eigenvalue weighted by Gasteiger charge is -2.20. The van der Waals surface area contributed by atoms with Crippen molar-refractivity contribution >= 4 is 23.6 Å². The number of hydrogen-bond donors (Lipinski definition) is 4. The molecule has 4 N–H and O–H groups in total. The van der Waals surface area contributed by atoms with Crippen molar-refractivity contribution in [2.24, 2.45) is 0 Å². The van der Waals surface area contributed by atoms with E-state index in [-0.39, 0.29) is 17.3 Å². The summed E-state index contributed by atoms with van der Waals surface area (Å²) in [6.45, 7) is 5.85. The number of ether oxygens (including phenoxy) is 2. The molecule has 1 aromatic carbocycles. The summed E-state index contributed by atoms with van der Waals surface area (Å²) in [6, 6.07) is 2.77. The van der Waals surface area contributed by atoms with Gasteiger partial charge in [0.25, 0.3) is 5.91 Å². The van der Waals surface area contributed by atoms with E-state index in [2.05, 4.69) is 26.0 Å². The summed E-state index contributed by atoms with van der Waals surface area (Å²) in [5.41, 5.74) is -1.27. The quantitative estimate of drug-likeness (QED) is 0.532. The van der Waals surface area contributed by atoms with E-state index in [0.29, 0.717) is 6.54 Å². The maximum atomic E-state index is 12.6. The summed E-state index contributed by atoms with van der Waals surface area (Å²) >= 11 is 0. The second-order valence-corrected chi connectivity index (χ2v) is 7.82. The van der Waals surface area contributed by atoms with Gasteiger partial charge < -0.3 is 25.4 Å². The first kappa shape index (κ1) is 24.3. The Morgan fingerprint density at radius 1 is 1.19 bits per heavy atom. The topological polar surface area (TPSA) is 118 Å². The molecule has 0 saturated carbocycles. The predicted octanol–water partition coefficient (Wildman–Crippen LogP) is 2.14. The van der Waals surface area contributed by atoms with Crippen molar-refractivity contribution in [3.05, 3.63) is 23.8 Å². The molecule has 1 fully saturated rings.